The lowest BCUT2D eigenvalue weighted by atomic mass is 10.1. The fourth-order valence-electron chi connectivity index (χ4n) is 2.51. The van der Waals surface area contributed by atoms with Gasteiger partial charge in [-0.1, -0.05) is 12.1 Å². The van der Waals surface area contributed by atoms with Crippen LogP contribution in [-0.2, 0) is 0 Å². The molecule has 0 aliphatic carbocycles. The van der Waals surface area contributed by atoms with E-state index in [0.29, 0.717) is 23.8 Å². The lowest BCUT2D eigenvalue weighted by molar-refractivity contribution is 0.0698. The number of carboxylic acid groups (broad SMARTS) is 1. The summed E-state index contributed by atoms with van der Waals surface area (Å²) in [6, 6.07) is 6.97. The first-order valence-corrected chi connectivity index (χ1v) is 7.68. The third kappa shape index (κ3) is 4.26. The minimum absolute atomic E-state index is 0.0391. The van der Waals surface area contributed by atoms with E-state index in [1.165, 1.54) is 0 Å². The minimum Gasteiger partial charge on any atom is -0.497 e. The Hall–Kier alpha value is -2.54. The molecule has 2 rings (SSSR count). The van der Waals surface area contributed by atoms with Gasteiger partial charge in [-0.2, -0.15) is 0 Å². The van der Waals surface area contributed by atoms with Crippen LogP contribution in [0.3, 0.4) is 0 Å². The zero-order chi connectivity index (χ0) is 17.7. The zero-order valence-electron chi connectivity index (χ0n) is 14.4. The molecule has 2 N–H and O–H groups in total. The number of methoxy groups -OCH3 is 1. The fraction of sp³-hybridized carbons (Fsp3) is 0.412. The van der Waals surface area contributed by atoms with Crippen LogP contribution in [0.15, 0.2) is 28.8 Å². The summed E-state index contributed by atoms with van der Waals surface area (Å²) in [5, 5.41) is 16.5. The first kappa shape index (κ1) is 17.8. The molecule has 1 unspecified atom stereocenters. The van der Waals surface area contributed by atoms with Crippen LogP contribution in [-0.4, -0.2) is 55.4 Å². The van der Waals surface area contributed by atoms with Crippen molar-refractivity contribution in [1.82, 2.24) is 10.1 Å². The Morgan fingerprint density at radius 2 is 2.04 bits per heavy atom. The summed E-state index contributed by atoms with van der Waals surface area (Å²) in [6.45, 7) is 3.57. The molecule has 0 saturated carbocycles. The van der Waals surface area contributed by atoms with Gasteiger partial charge in [-0.05, 0) is 44.3 Å². The quantitative estimate of drug-likeness (QED) is 0.768. The molecule has 0 fully saturated rings. The summed E-state index contributed by atoms with van der Waals surface area (Å²) in [6.07, 6.45) is 0. The standard InChI is InChI=1S/C17H23N3O4/c1-11(10-20(2)3)9-18-16-14(17(21)22)15(24-19-16)12-5-7-13(23-4)8-6-12/h5-8,11H,9-10H2,1-4H3,(H,18,19)(H,21,22). The van der Waals surface area contributed by atoms with Crippen LogP contribution >= 0.6 is 0 Å². The van der Waals surface area contributed by atoms with Crippen LogP contribution in [0.25, 0.3) is 11.3 Å². The summed E-state index contributed by atoms with van der Waals surface area (Å²) in [7, 11) is 5.57. The smallest absolute Gasteiger partial charge is 0.343 e. The average molecular weight is 333 g/mol. The molecular weight excluding hydrogens is 310 g/mol. The maximum Gasteiger partial charge on any atom is 0.343 e. The molecule has 0 aliphatic rings. The molecule has 130 valence electrons. The molecule has 0 saturated heterocycles. The molecule has 1 atom stereocenters. The second-order valence-corrected chi connectivity index (χ2v) is 6.02. The van der Waals surface area contributed by atoms with E-state index in [4.69, 9.17) is 9.26 Å². The third-order valence-corrected chi connectivity index (χ3v) is 3.55. The maximum absolute atomic E-state index is 11.6. The van der Waals surface area contributed by atoms with Crippen molar-refractivity contribution in [2.45, 2.75) is 6.92 Å². The van der Waals surface area contributed by atoms with Crippen LogP contribution < -0.4 is 10.1 Å². The Kier molecular flexibility index (Phi) is 5.81. The predicted molar refractivity (Wildman–Crippen MR) is 91.7 cm³/mol. The van der Waals surface area contributed by atoms with E-state index in [1.54, 1.807) is 31.4 Å². The van der Waals surface area contributed by atoms with Crippen molar-refractivity contribution in [3.8, 4) is 17.1 Å². The number of aromatic nitrogens is 1. The summed E-state index contributed by atoms with van der Waals surface area (Å²) >= 11 is 0. The summed E-state index contributed by atoms with van der Waals surface area (Å²) in [5.74, 6) is 0.422. The largest absolute Gasteiger partial charge is 0.497 e. The van der Waals surface area contributed by atoms with Gasteiger partial charge in [-0.3, -0.25) is 0 Å². The van der Waals surface area contributed by atoms with Crippen LogP contribution in [0.2, 0.25) is 0 Å². The number of nitrogens with one attached hydrogen (secondary N) is 1. The number of rotatable bonds is 8. The minimum atomic E-state index is -1.08. The van der Waals surface area contributed by atoms with Gasteiger partial charge in [0.2, 0.25) is 0 Å². The van der Waals surface area contributed by atoms with Gasteiger partial charge in [-0.15, -0.1) is 0 Å². The second kappa shape index (κ2) is 7.83. The van der Waals surface area contributed by atoms with E-state index >= 15 is 0 Å². The van der Waals surface area contributed by atoms with E-state index in [-0.39, 0.29) is 17.1 Å². The van der Waals surface area contributed by atoms with E-state index in [0.717, 1.165) is 6.54 Å². The molecule has 1 aromatic heterocycles. The monoisotopic (exact) mass is 333 g/mol. The van der Waals surface area contributed by atoms with E-state index in [2.05, 4.69) is 22.3 Å². The average Bonchev–Trinajstić information content (AvgIpc) is 2.96. The normalized spacial score (nSPS) is 12.2. The second-order valence-electron chi connectivity index (χ2n) is 6.02. The highest BCUT2D eigenvalue weighted by molar-refractivity contribution is 5.99. The first-order valence-electron chi connectivity index (χ1n) is 7.68. The van der Waals surface area contributed by atoms with Gasteiger partial charge in [0.05, 0.1) is 7.11 Å². The number of benzene rings is 1. The van der Waals surface area contributed by atoms with Crippen LogP contribution in [0.1, 0.15) is 17.3 Å². The van der Waals surface area contributed by atoms with Crippen molar-refractivity contribution >= 4 is 11.8 Å². The number of anilines is 1. The Morgan fingerprint density at radius 1 is 1.38 bits per heavy atom. The molecule has 0 bridgehead atoms. The predicted octanol–water partition coefficient (Wildman–Crippen LogP) is 2.66. The zero-order valence-corrected chi connectivity index (χ0v) is 14.4. The van der Waals surface area contributed by atoms with E-state index in [9.17, 15) is 9.90 Å². The number of hydrogen-bond donors (Lipinski definition) is 2. The first-order chi connectivity index (χ1) is 11.4. The molecular formula is C17H23N3O4. The summed E-state index contributed by atoms with van der Waals surface area (Å²) in [4.78, 5) is 13.7. The maximum atomic E-state index is 11.6. The van der Waals surface area contributed by atoms with Gasteiger partial charge in [0.25, 0.3) is 0 Å². The number of ether oxygens (including phenoxy) is 1. The van der Waals surface area contributed by atoms with Crippen LogP contribution in [0, 0.1) is 5.92 Å². The lowest BCUT2D eigenvalue weighted by Gasteiger charge is -2.17. The Labute approximate surface area is 141 Å². The molecule has 7 nitrogen and oxygen atoms in total. The molecule has 0 amide bonds. The summed E-state index contributed by atoms with van der Waals surface area (Å²) in [5.41, 5.74) is 0.673. The molecule has 1 aromatic carbocycles. The molecule has 24 heavy (non-hydrogen) atoms. The van der Waals surface area contributed by atoms with Gasteiger partial charge in [0.1, 0.15) is 5.75 Å². The highest BCUT2D eigenvalue weighted by Gasteiger charge is 2.24. The topological polar surface area (TPSA) is 87.8 Å². The molecule has 0 radical (unpaired) electrons. The van der Waals surface area contributed by atoms with Crippen LogP contribution in [0.5, 0.6) is 5.75 Å². The Morgan fingerprint density at radius 3 is 2.58 bits per heavy atom. The fourth-order valence-corrected chi connectivity index (χ4v) is 2.51. The number of aromatic carboxylic acids is 1. The SMILES string of the molecule is COc1ccc(-c2onc(NCC(C)CN(C)C)c2C(=O)O)cc1. The number of carbonyl (C=O) groups is 1. The van der Waals surface area contributed by atoms with Gasteiger partial charge in [0.15, 0.2) is 17.1 Å². The molecule has 0 spiro atoms. The number of hydrogen-bond acceptors (Lipinski definition) is 6. The van der Waals surface area contributed by atoms with Crippen molar-refractivity contribution in [3.63, 3.8) is 0 Å². The molecule has 7 heteroatoms. The molecule has 1 heterocycles. The van der Waals surface area contributed by atoms with Gasteiger partial charge >= 0.3 is 5.97 Å². The van der Waals surface area contributed by atoms with Crippen molar-refractivity contribution in [3.05, 3.63) is 29.8 Å². The number of nitrogens with zero attached hydrogens (tertiary/aromatic N) is 2. The number of carboxylic acids is 1. The van der Waals surface area contributed by atoms with Gasteiger partial charge < -0.3 is 24.6 Å². The highest BCUT2D eigenvalue weighted by atomic mass is 16.5. The Bertz CT molecular complexity index is 680. The van der Waals surface area contributed by atoms with Crippen molar-refractivity contribution in [2.24, 2.45) is 5.92 Å². The van der Waals surface area contributed by atoms with Crippen molar-refractivity contribution in [1.29, 1.82) is 0 Å². The van der Waals surface area contributed by atoms with Crippen molar-refractivity contribution in [2.75, 3.05) is 39.6 Å². The van der Waals surface area contributed by atoms with Crippen LogP contribution in [0.4, 0.5) is 5.82 Å². The van der Waals surface area contributed by atoms with Crippen molar-refractivity contribution < 1.29 is 19.2 Å². The molecule has 2 aromatic rings. The van der Waals surface area contributed by atoms with Gasteiger partial charge in [0, 0.05) is 18.7 Å². The van der Waals surface area contributed by atoms with Gasteiger partial charge in [-0.25, -0.2) is 4.79 Å². The Balaban J connectivity index is 2.21. The lowest BCUT2D eigenvalue weighted by Crippen LogP contribution is -2.25. The van der Waals surface area contributed by atoms with E-state index < -0.39 is 5.97 Å². The third-order valence-electron chi connectivity index (χ3n) is 3.55. The highest BCUT2D eigenvalue weighted by Crippen LogP contribution is 2.30. The summed E-state index contributed by atoms with van der Waals surface area (Å²) < 4.78 is 10.4. The molecule has 0 aliphatic heterocycles. The van der Waals surface area contributed by atoms with E-state index in [1.807, 2.05) is 14.1 Å².